The van der Waals surface area contributed by atoms with Gasteiger partial charge in [0.25, 0.3) is 0 Å². The van der Waals surface area contributed by atoms with Crippen LogP contribution in [0.5, 0.6) is 0 Å². The maximum Gasteiger partial charge on any atom is 0.148 e. The van der Waals surface area contributed by atoms with E-state index in [2.05, 4.69) is 56.9 Å². The second-order valence-corrected chi connectivity index (χ2v) is 6.79. The lowest BCUT2D eigenvalue weighted by Gasteiger charge is -2.29. The van der Waals surface area contributed by atoms with Crippen LogP contribution in [-0.4, -0.2) is 23.1 Å². The van der Waals surface area contributed by atoms with Gasteiger partial charge in [0.05, 0.1) is 0 Å². The van der Waals surface area contributed by atoms with Crippen molar-refractivity contribution in [3.63, 3.8) is 0 Å². The fourth-order valence-electron chi connectivity index (χ4n) is 2.16. The van der Waals surface area contributed by atoms with Crippen LogP contribution < -0.4 is 16.2 Å². The number of rotatable bonds is 6. The van der Waals surface area contributed by atoms with E-state index >= 15 is 0 Å². The zero-order chi connectivity index (χ0) is 16.2. The quantitative estimate of drug-likeness (QED) is 0.622. The Morgan fingerprint density at radius 3 is 2.29 bits per heavy atom. The number of anilines is 2. The van der Waals surface area contributed by atoms with Crippen molar-refractivity contribution in [1.29, 1.82) is 0 Å². The Bertz CT molecular complexity index is 464. The number of nitrogens with zero attached hydrogens (tertiary/aromatic N) is 3. The summed E-state index contributed by atoms with van der Waals surface area (Å²) in [6, 6.07) is 0. The third kappa shape index (κ3) is 4.30. The van der Waals surface area contributed by atoms with Gasteiger partial charge in [-0.2, -0.15) is 0 Å². The minimum Gasteiger partial charge on any atom is -0.356 e. The van der Waals surface area contributed by atoms with Crippen molar-refractivity contribution in [2.24, 2.45) is 11.8 Å². The molecular formula is C16H31N5. The molecule has 1 rings (SSSR count). The molecule has 0 saturated heterocycles. The summed E-state index contributed by atoms with van der Waals surface area (Å²) in [5.41, 5.74) is 3.62. The molecule has 0 spiro atoms. The molecule has 5 nitrogen and oxygen atoms in total. The third-order valence-corrected chi connectivity index (χ3v) is 3.84. The fraction of sp³-hybridized carbons (Fsp3) is 0.750. The zero-order valence-electron chi connectivity index (χ0n) is 14.6. The Hall–Kier alpha value is -1.36. The second kappa shape index (κ2) is 7.07. The average molecular weight is 293 g/mol. The monoisotopic (exact) mass is 293 g/mol. The van der Waals surface area contributed by atoms with Crippen molar-refractivity contribution in [3.8, 4) is 0 Å². The topological polar surface area (TPSA) is 67.1 Å². The lowest BCUT2D eigenvalue weighted by Crippen LogP contribution is -2.31. The van der Waals surface area contributed by atoms with E-state index < -0.39 is 0 Å². The maximum absolute atomic E-state index is 5.64. The van der Waals surface area contributed by atoms with Gasteiger partial charge >= 0.3 is 0 Å². The smallest absolute Gasteiger partial charge is 0.148 e. The second-order valence-electron chi connectivity index (χ2n) is 6.79. The summed E-state index contributed by atoms with van der Waals surface area (Å²) >= 11 is 0. The van der Waals surface area contributed by atoms with Crippen molar-refractivity contribution in [2.75, 3.05) is 23.4 Å². The van der Waals surface area contributed by atoms with Crippen LogP contribution in [0, 0.1) is 12.8 Å². The molecule has 21 heavy (non-hydrogen) atoms. The van der Waals surface area contributed by atoms with Gasteiger partial charge in [0, 0.05) is 24.1 Å². The Balaban J connectivity index is 3.31. The molecule has 1 unspecified atom stereocenters. The summed E-state index contributed by atoms with van der Waals surface area (Å²) in [5, 5.41) is 0. The van der Waals surface area contributed by atoms with E-state index in [1.54, 1.807) is 0 Å². The van der Waals surface area contributed by atoms with Crippen LogP contribution in [0.1, 0.15) is 59.4 Å². The molecule has 0 aromatic carbocycles. The summed E-state index contributed by atoms with van der Waals surface area (Å²) in [6.07, 6.45) is 1.16. The molecule has 1 aromatic heterocycles. The van der Waals surface area contributed by atoms with Crippen molar-refractivity contribution in [1.82, 2.24) is 9.97 Å². The van der Waals surface area contributed by atoms with Crippen molar-refractivity contribution in [3.05, 3.63) is 11.4 Å². The Morgan fingerprint density at radius 2 is 1.86 bits per heavy atom. The number of hydrogen-bond donors (Lipinski definition) is 2. The highest BCUT2D eigenvalue weighted by Crippen LogP contribution is 2.28. The van der Waals surface area contributed by atoms with E-state index in [0.717, 1.165) is 36.7 Å². The van der Waals surface area contributed by atoms with Gasteiger partial charge in [-0.1, -0.05) is 41.0 Å². The molecule has 0 fully saturated rings. The van der Waals surface area contributed by atoms with E-state index in [1.807, 2.05) is 6.92 Å². The van der Waals surface area contributed by atoms with Gasteiger partial charge < -0.3 is 10.3 Å². The summed E-state index contributed by atoms with van der Waals surface area (Å²) in [4.78, 5) is 11.7. The van der Waals surface area contributed by atoms with Gasteiger partial charge in [0.2, 0.25) is 0 Å². The lowest BCUT2D eigenvalue weighted by molar-refractivity contribution is 0.529. The van der Waals surface area contributed by atoms with Crippen molar-refractivity contribution in [2.45, 2.75) is 60.3 Å². The van der Waals surface area contributed by atoms with Crippen LogP contribution in [0.25, 0.3) is 0 Å². The molecular weight excluding hydrogens is 262 g/mol. The SMILES string of the molecule is CCC(C)CN(CC)c1nc(C(C)(C)C)nc(NN)c1C. The number of hydrazine groups is 1. The van der Waals surface area contributed by atoms with Crippen LogP contribution in [0.3, 0.4) is 0 Å². The fourth-order valence-corrected chi connectivity index (χ4v) is 2.16. The summed E-state index contributed by atoms with van der Waals surface area (Å²) in [7, 11) is 0. The minimum atomic E-state index is -0.107. The van der Waals surface area contributed by atoms with Crippen LogP contribution in [0.4, 0.5) is 11.6 Å². The highest BCUT2D eigenvalue weighted by molar-refractivity contribution is 5.58. The molecule has 0 saturated carbocycles. The Morgan fingerprint density at radius 1 is 1.24 bits per heavy atom. The highest BCUT2D eigenvalue weighted by atomic mass is 15.3. The summed E-state index contributed by atoms with van der Waals surface area (Å²) in [5.74, 6) is 8.80. The normalized spacial score (nSPS) is 13.1. The Labute approximate surface area is 129 Å². The first kappa shape index (κ1) is 17.7. The largest absolute Gasteiger partial charge is 0.356 e. The number of nitrogen functional groups attached to an aromatic ring is 1. The van der Waals surface area contributed by atoms with Crippen molar-refractivity contribution >= 4 is 11.6 Å². The first-order valence-corrected chi connectivity index (χ1v) is 7.85. The first-order valence-electron chi connectivity index (χ1n) is 7.85. The zero-order valence-corrected chi connectivity index (χ0v) is 14.6. The van der Waals surface area contributed by atoms with Gasteiger partial charge in [0.15, 0.2) is 0 Å². The van der Waals surface area contributed by atoms with Gasteiger partial charge in [-0.05, 0) is 19.8 Å². The molecule has 0 radical (unpaired) electrons. The molecule has 5 heteroatoms. The van der Waals surface area contributed by atoms with E-state index in [1.165, 1.54) is 0 Å². The lowest BCUT2D eigenvalue weighted by atomic mass is 9.95. The standard InChI is InChI=1S/C16H31N5/c1-8-11(3)10-21(9-2)14-12(4)13(20-17)18-15(19-14)16(5,6)7/h11H,8-10,17H2,1-7H3,(H,18,19,20). The van der Waals surface area contributed by atoms with Crippen molar-refractivity contribution < 1.29 is 0 Å². The molecule has 0 aliphatic heterocycles. The molecule has 1 heterocycles. The minimum absolute atomic E-state index is 0.107. The number of aromatic nitrogens is 2. The molecule has 0 bridgehead atoms. The molecule has 1 aromatic rings. The predicted molar refractivity (Wildman–Crippen MR) is 90.6 cm³/mol. The van der Waals surface area contributed by atoms with E-state index in [-0.39, 0.29) is 5.41 Å². The molecule has 1 atom stereocenters. The van der Waals surface area contributed by atoms with Crippen LogP contribution in [0.15, 0.2) is 0 Å². The van der Waals surface area contributed by atoms with Gasteiger partial charge in [-0.25, -0.2) is 15.8 Å². The molecule has 0 aliphatic carbocycles. The Kier molecular flexibility index (Phi) is 5.96. The van der Waals surface area contributed by atoms with E-state index in [0.29, 0.717) is 11.7 Å². The molecule has 3 N–H and O–H groups in total. The first-order chi connectivity index (χ1) is 9.74. The van der Waals surface area contributed by atoms with Gasteiger partial charge in [-0.15, -0.1) is 0 Å². The van der Waals surface area contributed by atoms with Crippen LogP contribution in [0.2, 0.25) is 0 Å². The summed E-state index contributed by atoms with van der Waals surface area (Å²) in [6.45, 7) is 17.0. The van der Waals surface area contributed by atoms with Crippen LogP contribution >= 0.6 is 0 Å². The summed E-state index contributed by atoms with van der Waals surface area (Å²) < 4.78 is 0. The van der Waals surface area contributed by atoms with Crippen LogP contribution in [-0.2, 0) is 5.41 Å². The van der Waals surface area contributed by atoms with Gasteiger partial charge in [-0.3, -0.25) is 0 Å². The molecule has 0 amide bonds. The predicted octanol–water partition coefficient (Wildman–Crippen LogP) is 3.24. The van der Waals surface area contributed by atoms with E-state index in [4.69, 9.17) is 10.8 Å². The maximum atomic E-state index is 5.64. The highest BCUT2D eigenvalue weighted by Gasteiger charge is 2.23. The number of nitrogens with one attached hydrogen (secondary N) is 1. The molecule has 120 valence electrons. The number of hydrogen-bond acceptors (Lipinski definition) is 5. The van der Waals surface area contributed by atoms with E-state index in [9.17, 15) is 0 Å². The number of nitrogens with two attached hydrogens (primary N) is 1. The van der Waals surface area contributed by atoms with Gasteiger partial charge in [0.1, 0.15) is 17.5 Å². The third-order valence-electron chi connectivity index (χ3n) is 3.84. The molecule has 0 aliphatic rings. The average Bonchev–Trinajstić information content (AvgIpc) is 2.43.